The zero-order valence-corrected chi connectivity index (χ0v) is 27.0. The first-order valence-corrected chi connectivity index (χ1v) is 17.0. The zero-order valence-electron chi connectivity index (χ0n) is 27.0. The van der Waals surface area contributed by atoms with Crippen molar-refractivity contribution in [2.24, 2.45) is 11.3 Å². The zero-order chi connectivity index (χ0) is 31.1. The normalized spacial score (nSPS) is 23.8. The maximum Gasteiger partial charge on any atom is 0.410 e. The average Bonchev–Trinajstić information content (AvgIpc) is 3.40. The highest BCUT2D eigenvalue weighted by Gasteiger charge is 2.59. The van der Waals surface area contributed by atoms with Crippen molar-refractivity contribution in [1.29, 1.82) is 0 Å². The van der Waals surface area contributed by atoms with Gasteiger partial charge in [0.25, 0.3) is 0 Å². The van der Waals surface area contributed by atoms with Crippen LogP contribution in [-0.2, 0) is 14.3 Å². The summed E-state index contributed by atoms with van der Waals surface area (Å²) in [5.74, 6) is 2.61. The smallest absolute Gasteiger partial charge is 0.410 e. The molecule has 4 aliphatic rings. The molecule has 3 fully saturated rings. The minimum absolute atomic E-state index is 0.0220. The van der Waals surface area contributed by atoms with Crippen LogP contribution in [0.1, 0.15) is 140 Å². The number of aromatic nitrogens is 2. The number of ether oxygens (including phenoxy) is 1. The third kappa shape index (κ3) is 6.59. The third-order valence-electron chi connectivity index (χ3n) is 10.7. The van der Waals surface area contributed by atoms with Crippen LogP contribution in [0.4, 0.5) is 4.79 Å². The number of H-pyrrole nitrogens is 1. The summed E-state index contributed by atoms with van der Waals surface area (Å²) < 4.78 is 5.56. The molecular formula is C36H50N4O4. The molecule has 1 saturated heterocycles. The molecule has 8 heteroatoms. The number of carbonyl (C=O) groups is 3. The number of rotatable bonds is 11. The molecule has 44 heavy (non-hydrogen) atoms. The Morgan fingerprint density at radius 2 is 1.84 bits per heavy atom. The van der Waals surface area contributed by atoms with E-state index in [4.69, 9.17) is 9.72 Å². The van der Waals surface area contributed by atoms with E-state index in [0.29, 0.717) is 37.6 Å². The summed E-state index contributed by atoms with van der Waals surface area (Å²) in [4.78, 5) is 48.1. The van der Waals surface area contributed by atoms with Gasteiger partial charge in [-0.15, -0.1) is 0 Å². The fraction of sp³-hybridized carbons (Fsp3) is 0.667. The lowest BCUT2D eigenvalue weighted by molar-refractivity contribution is -0.124. The van der Waals surface area contributed by atoms with Crippen molar-refractivity contribution in [2.45, 2.75) is 128 Å². The van der Waals surface area contributed by atoms with Gasteiger partial charge in [-0.1, -0.05) is 31.9 Å². The molecule has 3 aliphatic carbocycles. The predicted molar refractivity (Wildman–Crippen MR) is 170 cm³/mol. The number of carbonyl (C=O) groups excluding carboxylic acids is 3. The number of imidazole rings is 1. The van der Waals surface area contributed by atoms with Crippen molar-refractivity contribution >= 4 is 17.8 Å². The van der Waals surface area contributed by atoms with E-state index >= 15 is 0 Å². The third-order valence-corrected chi connectivity index (χ3v) is 10.7. The van der Waals surface area contributed by atoms with E-state index in [0.717, 1.165) is 67.9 Å². The van der Waals surface area contributed by atoms with Crippen LogP contribution in [0.25, 0.3) is 11.3 Å². The van der Waals surface area contributed by atoms with Gasteiger partial charge in [0.05, 0.1) is 17.9 Å². The number of nitrogens with zero attached hydrogens (tertiary/aromatic N) is 2. The number of aromatic amines is 1. The molecule has 2 saturated carbocycles. The summed E-state index contributed by atoms with van der Waals surface area (Å²) in [7, 11) is 0. The lowest BCUT2D eigenvalue weighted by atomic mass is 9.90. The number of fused-ring (bicyclic) bond motifs is 5. The molecular weight excluding hydrogens is 552 g/mol. The Morgan fingerprint density at radius 3 is 2.57 bits per heavy atom. The van der Waals surface area contributed by atoms with E-state index in [2.05, 4.69) is 28.5 Å². The fourth-order valence-electron chi connectivity index (χ4n) is 7.98. The number of Topliss-reactive ketones (excluding diaryl/α,β-unsaturated/α-hetero) is 1. The first-order chi connectivity index (χ1) is 21.0. The van der Waals surface area contributed by atoms with E-state index in [-0.39, 0.29) is 29.4 Å². The molecule has 1 aliphatic heterocycles. The Kier molecular flexibility index (Phi) is 8.64. The molecule has 1 spiro atoms. The van der Waals surface area contributed by atoms with Crippen LogP contribution in [-0.4, -0.2) is 51.3 Å². The van der Waals surface area contributed by atoms with Crippen LogP contribution in [0.5, 0.6) is 0 Å². The SMILES string of the molecule is CCC(=O)CCCCC[C@H](NC(=O)[C@H]1CC12CCN(C(=O)OC(C)(C)C)CC2)c1ncc(-c2ccc3c(c2)C2CCC3C2)[nH]1. The van der Waals surface area contributed by atoms with Gasteiger partial charge in [-0.25, -0.2) is 9.78 Å². The van der Waals surface area contributed by atoms with Gasteiger partial charge in [0.2, 0.25) is 5.91 Å². The molecule has 2 bridgehead atoms. The molecule has 6 rings (SSSR count). The van der Waals surface area contributed by atoms with Crippen LogP contribution in [0.3, 0.4) is 0 Å². The van der Waals surface area contributed by atoms with Crippen molar-refractivity contribution in [3.63, 3.8) is 0 Å². The summed E-state index contributed by atoms with van der Waals surface area (Å²) in [6.45, 7) is 8.83. The summed E-state index contributed by atoms with van der Waals surface area (Å²) >= 11 is 0. The van der Waals surface area contributed by atoms with Crippen molar-refractivity contribution in [3.05, 3.63) is 41.3 Å². The quantitative estimate of drug-likeness (QED) is 0.258. The largest absolute Gasteiger partial charge is 0.444 e. The van der Waals surface area contributed by atoms with Crippen molar-refractivity contribution in [3.8, 4) is 11.3 Å². The number of unbranched alkanes of at least 4 members (excludes halogenated alkanes) is 2. The first kappa shape index (κ1) is 30.8. The van der Waals surface area contributed by atoms with Gasteiger partial charge >= 0.3 is 6.09 Å². The highest BCUT2D eigenvalue weighted by Crippen LogP contribution is 2.59. The second-order valence-electron chi connectivity index (χ2n) is 14.9. The van der Waals surface area contributed by atoms with Gasteiger partial charge in [0, 0.05) is 31.8 Å². The number of nitrogens with one attached hydrogen (secondary N) is 2. The Hall–Kier alpha value is -3.16. The van der Waals surface area contributed by atoms with Crippen LogP contribution in [0, 0.1) is 11.3 Å². The molecule has 2 amide bonds. The number of likely N-dealkylation sites (tertiary alicyclic amines) is 1. The van der Waals surface area contributed by atoms with E-state index in [9.17, 15) is 14.4 Å². The number of hydrogen-bond donors (Lipinski definition) is 2. The topological polar surface area (TPSA) is 104 Å². The van der Waals surface area contributed by atoms with E-state index in [1.54, 1.807) is 4.90 Å². The molecule has 2 unspecified atom stereocenters. The van der Waals surface area contributed by atoms with Gasteiger partial charge in [0.1, 0.15) is 17.2 Å². The molecule has 1 aromatic heterocycles. The van der Waals surface area contributed by atoms with Crippen molar-refractivity contribution < 1.29 is 19.1 Å². The lowest BCUT2D eigenvalue weighted by Gasteiger charge is -2.34. The van der Waals surface area contributed by atoms with Gasteiger partial charge in [-0.05, 0) is 112 Å². The molecule has 2 aromatic rings. The minimum atomic E-state index is -0.513. The van der Waals surface area contributed by atoms with Gasteiger partial charge in [-0.3, -0.25) is 9.59 Å². The first-order valence-electron chi connectivity index (χ1n) is 17.0. The fourth-order valence-corrected chi connectivity index (χ4v) is 7.98. The number of benzene rings is 1. The standard InChI is InChI=1S/C36H50N4O4/c1-5-26(41)9-7-6-8-10-30(32-37-22-31(38-32)25-13-14-27-23-11-12-24(19-23)28(27)20-25)39-33(42)29-21-36(29)15-17-40(18-16-36)34(43)44-35(2,3)4/h13-14,20,22-24,29-30H,5-12,15-19,21H2,1-4H3,(H,37,38)(H,39,42)/t23?,24?,29-,30+/m1/s1. The number of hydrogen-bond acceptors (Lipinski definition) is 5. The number of amides is 2. The van der Waals surface area contributed by atoms with E-state index < -0.39 is 5.60 Å². The van der Waals surface area contributed by atoms with Crippen LogP contribution >= 0.6 is 0 Å². The van der Waals surface area contributed by atoms with Gasteiger partial charge < -0.3 is 19.9 Å². The van der Waals surface area contributed by atoms with Gasteiger partial charge in [0.15, 0.2) is 0 Å². The van der Waals surface area contributed by atoms with Gasteiger partial charge in [-0.2, -0.15) is 0 Å². The van der Waals surface area contributed by atoms with Crippen molar-refractivity contribution in [2.75, 3.05) is 13.1 Å². The maximum atomic E-state index is 13.7. The highest BCUT2D eigenvalue weighted by molar-refractivity contribution is 5.83. The molecule has 2 N–H and O–H groups in total. The van der Waals surface area contributed by atoms with Crippen LogP contribution in [0.2, 0.25) is 0 Å². The summed E-state index contributed by atoms with van der Waals surface area (Å²) in [6, 6.07) is 6.68. The molecule has 2 heterocycles. The molecule has 1 aromatic carbocycles. The Bertz CT molecular complexity index is 1380. The number of piperidine rings is 1. The van der Waals surface area contributed by atoms with Crippen LogP contribution < -0.4 is 5.32 Å². The second kappa shape index (κ2) is 12.3. The molecule has 0 radical (unpaired) electrons. The van der Waals surface area contributed by atoms with Crippen molar-refractivity contribution in [1.82, 2.24) is 20.2 Å². The molecule has 4 atom stereocenters. The predicted octanol–water partition coefficient (Wildman–Crippen LogP) is 7.57. The van der Waals surface area contributed by atoms with E-state index in [1.165, 1.54) is 30.4 Å². The van der Waals surface area contributed by atoms with E-state index in [1.807, 2.05) is 33.9 Å². The second-order valence-corrected chi connectivity index (χ2v) is 14.9. The monoisotopic (exact) mass is 602 g/mol. The molecule has 238 valence electrons. The van der Waals surface area contributed by atoms with Crippen LogP contribution in [0.15, 0.2) is 24.4 Å². The average molecular weight is 603 g/mol. The Labute approximate surface area is 262 Å². The number of ketones is 1. The maximum absolute atomic E-state index is 13.7. The highest BCUT2D eigenvalue weighted by atomic mass is 16.6. The lowest BCUT2D eigenvalue weighted by Crippen LogP contribution is -2.43. The summed E-state index contributed by atoms with van der Waals surface area (Å²) in [6.07, 6.45) is 12.8. The Balaban J connectivity index is 1.10. The summed E-state index contributed by atoms with van der Waals surface area (Å²) in [5, 5.41) is 3.37. The Morgan fingerprint density at radius 1 is 1.09 bits per heavy atom. The molecule has 8 nitrogen and oxygen atoms in total. The summed E-state index contributed by atoms with van der Waals surface area (Å²) in [5.41, 5.74) is 4.67. The minimum Gasteiger partial charge on any atom is -0.444 e.